The largest absolute Gasteiger partial charge is 0.463 e. The zero-order valence-corrected chi connectivity index (χ0v) is 24.4. The van der Waals surface area contributed by atoms with Crippen LogP contribution in [0.4, 0.5) is 0 Å². The lowest BCUT2D eigenvalue weighted by Crippen LogP contribution is -2.45. The van der Waals surface area contributed by atoms with E-state index < -0.39 is 5.92 Å². The second-order valence-corrected chi connectivity index (χ2v) is 11.1. The summed E-state index contributed by atoms with van der Waals surface area (Å²) in [7, 11) is 0. The molecular formula is C32H42N2O6S. The van der Waals surface area contributed by atoms with Crippen molar-refractivity contribution in [3.05, 3.63) is 83.9 Å². The second-order valence-electron chi connectivity index (χ2n) is 10.1. The number of carbonyl (C=O) groups is 3. The molecule has 8 nitrogen and oxygen atoms in total. The standard InChI is InChI=1S/C32H42N2O6S/c35-17-19-39-18-16-33-30(36)21-27-14-8-3-9-15-28(20-25-10-4-1-5-11-25)32(38)40-22-29(34-31(27)37)24-41-23-26-12-6-2-7-13-26/h1-8,10-13,27-29,35H,9,14-24H2,(H,33,36)(H,34,37)/t27-,28-,29-/m1/s1. The van der Waals surface area contributed by atoms with Gasteiger partial charge in [-0.3, -0.25) is 14.4 Å². The van der Waals surface area contributed by atoms with Gasteiger partial charge in [0.25, 0.3) is 0 Å². The van der Waals surface area contributed by atoms with Gasteiger partial charge in [-0.15, -0.1) is 0 Å². The summed E-state index contributed by atoms with van der Waals surface area (Å²) in [5.41, 5.74) is 2.26. The summed E-state index contributed by atoms with van der Waals surface area (Å²) >= 11 is 1.66. The molecular weight excluding hydrogens is 540 g/mol. The zero-order chi connectivity index (χ0) is 29.1. The molecule has 1 heterocycles. The highest BCUT2D eigenvalue weighted by Crippen LogP contribution is 2.20. The quantitative estimate of drug-likeness (QED) is 0.188. The summed E-state index contributed by atoms with van der Waals surface area (Å²) in [4.78, 5) is 39.1. The number of nitrogens with one attached hydrogen (secondary N) is 2. The smallest absolute Gasteiger partial charge is 0.309 e. The van der Waals surface area contributed by atoms with Crippen LogP contribution < -0.4 is 10.6 Å². The fraction of sp³-hybridized carbons (Fsp3) is 0.469. The van der Waals surface area contributed by atoms with E-state index in [9.17, 15) is 14.4 Å². The van der Waals surface area contributed by atoms with Crippen LogP contribution >= 0.6 is 11.8 Å². The summed E-state index contributed by atoms with van der Waals surface area (Å²) in [5.74, 6) is -0.233. The number of aliphatic hydroxyl groups excluding tert-OH is 1. The Bertz CT molecular complexity index is 1080. The fourth-order valence-electron chi connectivity index (χ4n) is 4.53. The Labute approximate surface area is 247 Å². The molecule has 0 spiro atoms. The second kappa shape index (κ2) is 19.1. The number of carbonyl (C=O) groups excluding carboxylic acids is 3. The van der Waals surface area contributed by atoms with Crippen molar-refractivity contribution in [2.75, 3.05) is 38.7 Å². The van der Waals surface area contributed by atoms with Crippen molar-refractivity contribution >= 4 is 29.5 Å². The zero-order valence-electron chi connectivity index (χ0n) is 23.5. The molecule has 0 aliphatic carbocycles. The van der Waals surface area contributed by atoms with Crippen LogP contribution in [0.5, 0.6) is 0 Å². The van der Waals surface area contributed by atoms with Gasteiger partial charge in [-0.1, -0.05) is 72.8 Å². The number of aliphatic hydroxyl groups is 1. The Balaban J connectivity index is 1.67. The van der Waals surface area contributed by atoms with Crippen LogP contribution in [-0.4, -0.2) is 67.7 Å². The van der Waals surface area contributed by atoms with E-state index in [0.29, 0.717) is 44.6 Å². The first-order chi connectivity index (χ1) is 20.0. The van der Waals surface area contributed by atoms with E-state index in [2.05, 4.69) is 22.8 Å². The van der Waals surface area contributed by atoms with Crippen LogP contribution in [0.1, 0.15) is 36.8 Å². The number of cyclic esters (lactones) is 1. The van der Waals surface area contributed by atoms with Crippen LogP contribution in [0.3, 0.4) is 0 Å². The number of amides is 2. The molecule has 0 unspecified atom stereocenters. The number of benzene rings is 2. The molecule has 3 rings (SSSR count). The lowest BCUT2D eigenvalue weighted by Gasteiger charge is -2.23. The van der Waals surface area contributed by atoms with Gasteiger partial charge >= 0.3 is 5.97 Å². The minimum atomic E-state index is -0.553. The van der Waals surface area contributed by atoms with Crippen molar-refractivity contribution in [1.82, 2.24) is 10.6 Å². The van der Waals surface area contributed by atoms with Crippen LogP contribution in [-0.2, 0) is 36.0 Å². The van der Waals surface area contributed by atoms with Crippen molar-refractivity contribution < 1.29 is 29.0 Å². The summed E-state index contributed by atoms with van der Waals surface area (Å²) in [6.45, 7) is 0.813. The first-order valence-corrected chi connectivity index (χ1v) is 15.4. The number of ether oxygens (including phenoxy) is 2. The first kappa shape index (κ1) is 32.4. The number of esters is 1. The molecule has 9 heteroatoms. The molecule has 0 bridgehead atoms. The highest BCUT2D eigenvalue weighted by molar-refractivity contribution is 7.98. The van der Waals surface area contributed by atoms with Gasteiger partial charge in [0.1, 0.15) is 6.61 Å². The Morgan fingerprint density at radius 1 is 1.00 bits per heavy atom. The van der Waals surface area contributed by atoms with Gasteiger partial charge in [0.15, 0.2) is 0 Å². The van der Waals surface area contributed by atoms with E-state index in [1.165, 1.54) is 5.56 Å². The molecule has 1 aliphatic rings. The number of thioether (sulfide) groups is 1. The molecule has 1 aliphatic heterocycles. The number of hydrogen-bond donors (Lipinski definition) is 3. The monoisotopic (exact) mass is 582 g/mol. The van der Waals surface area contributed by atoms with Crippen molar-refractivity contribution in [2.24, 2.45) is 11.8 Å². The van der Waals surface area contributed by atoms with Crippen LogP contribution in [0.2, 0.25) is 0 Å². The first-order valence-electron chi connectivity index (χ1n) is 14.3. The van der Waals surface area contributed by atoms with Gasteiger partial charge in [0.2, 0.25) is 11.8 Å². The van der Waals surface area contributed by atoms with Crippen molar-refractivity contribution in [3.8, 4) is 0 Å². The number of hydrogen-bond acceptors (Lipinski definition) is 7. The molecule has 0 aromatic heterocycles. The van der Waals surface area contributed by atoms with Gasteiger partial charge in [0, 0.05) is 24.5 Å². The summed E-state index contributed by atoms with van der Waals surface area (Å²) < 4.78 is 11.0. The van der Waals surface area contributed by atoms with Gasteiger partial charge in [0.05, 0.1) is 37.7 Å². The van der Waals surface area contributed by atoms with E-state index in [0.717, 1.165) is 11.3 Å². The third-order valence-corrected chi connectivity index (χ3v) is 7.91. The van der Waals surface area contributed by atoms with Gasteiger partial charge in [-0.05, 0) is 36.8 Å². The predicted octanol–water partition coefficient (Wildman–Crippen LogP) is 3.68. The number of allylic oxidation sites excluding steroid dienone is 2. The lowest BCUT2D eigenvalue weighted by molar-refractivity contribution is -0.150. The van der Waals surface area contributed by atoms with E-state index in [-0.39, 0.29) is 56.0 Å². The average Bonchev–Trinajstić information content (AvgIpc) is 2.99. The van der Waals surface area contributed by atoms with Gasteiger partial charge in [-0.2, -0.15) is 11.8 Å². The van der Waals surface area contributed by atoms with E-state index >= 15 is 0 Å². The molecule has 0 fully saturated rings. The van der Waals surface area contributed by atoms with Crippen LogP contribution in [0.15, 0.2) is 72.8 Å². The number of rotatable bonds is 13. The van der Waals surface area contributed by atoms with Gasteiger partial charge < -0.3 is 25.2 Å². The van der Waals surface area contributed by atoms with Crippen molar-refractivity contribution in [3.63, 3.8) is 0 Å². The minimum absolute atomic E-state index is 0.0382. The highest BCUT2D eigenvalue weighted by Gasteiger charge is 2.26. The molecule has 41 heavy (non-hydrogen) atoms. The summed E-state index contributed by atoms with van der Waals surface area (Å²) in [5, 5.41) is 14.6. The van der Waals surface area contributed by atoms with E-state index in [1.54, 1.807) is 11.8 Å². The highest BCUT2D eigenvalue weighted by atomic mass is 32.2. The van der Waals surface area contributed by atoms with Crippen LogP contribution in [0.25, 0.3) is 0 Å². The molecule has 2 amide bonds. The molecule has 0 radical (unpaired) electrons. The van der Waals surface area contributed by atoms with E-state index in [4.69, 9.17) is 14.6 Å². The Hall–Kier alpha value is -3.14. The predicted molar refractivity (Wildman–Crippen MR) is 161 cm³/mol. The molecule has 3 N–H and O–H groups in total. The van der Waals surface area contributed by atoms with Crippen LogP contribution in [0, 0.1) is 11.8 Å². The SMILES string of the molecule is O=C(C[C@H]1CC=CCC[C@H](Cc2ccccc2)C(=O)OC[C@H](CSCc2ccccc2)NC1=O)NCCOCCO. The van der Waals surface area contributed by atoms with Gasteiger partial charge in [-0.25, -0.2) is 0 Å². The maximum atomic E-state index is 13.4. The molecule has 2 aromatic rings. The molecule has 2 aromatic carbocycles. The molecule has 0 saturated heterocycles. The third kappa shape index (κ3) is 12.9. The Morgan fingerprint density at radius 3 is 2.46 bits per heavy atom. The minimum Gasteiger partial charge on any atom is -0.463 e. The normalized spacial score (nSPS) is 20.2. The van der Waals surface area contributed by atoms with E-state index in [1.807, 2.05) is 60.7 Å². The third-order valence-electron chi connectivity index (χ3n) is 6.74. The molecule has 0 saturated carbocycles. The Kier molecular flexibility index (Phi) is 15.1. The summed E-state index contributed by atoms with van der Waals surface area (Å²) in [6, 6.07) is 19.6. The maximum Gasteiger partial charge on any atom is 0.309 e. The average molecular weight is 583 g/mol. The Morgan fingerprint density at radius 2 is 1.73 bits per heavy atom. The topological polar surface area (TPSA) is 114 Å². The van der Waals surface area contributed by atoms with Crippen molar-refractivity contribution in [1.29, 1.82) is 0 Å². The summed E-state index contributed by atoms with van der Waals surface area (Å²) in [6.07, 6.45) is 6.28. The molecule has 222 valence electrons. The lowest BCUT2D eigenvalue weighted by atomic mass is 9.94. The fourth-order valence-corrected chi connectivity index (χ4v) is 5.54. The van der Waals surface area contributed by atoms with Crippen molar-refractivity contribution in [2.45, 2.75) is 43.9 Å². The maximum absolute atomic E-state index is 13.4. The molecule has 3 atom stereocenters.